The number of hydrogen-bond donors (Lipinski definition) is 1. The Balaban J connectivity index is 2.03. The molecule has 0 bridgehead atoms. The van der Waals surface area contributed by atoms with Gasteiger partial charge >= 0.3 is 0 Å². The van der Waals surface area contributed by atoms with Crippen LogP contribution in [-0.2, 0) is 6.42 Å². The average Bonchev–Trinajstić information content (AvgIpc) is 2.71. The van der Waals surface area contributed by atoms with Crippen molar-refractivity contribution in [2.45, 2.75) is 39.3 Å². The Morgan fingerprint density at radius 2 is 1.76 bits per heavy atom. The summed E-state index contributed by atoms with van der Waals surface area (Å²) in [5, 5.41) is 13.4. The van der Waals surface area contributed by atoms with E-state index in [-0.39, 0.29) is 6.04 Å². The number of rotatable bonds is 3. The molecule has 0 amide bonds. The minimum atomic E-state index is 0.160. The molecule has 3 aromatic carbocycles. The smallest absolute Gasteiger partial charge is 0.130 e. The van der Waals surface area contributed by atoms with Crippen molar-refractivity contribution in [1.82, 2.24) is 4.90 Å². The summed E-state index contributed by atoms with van der Waals surface area (Å²) in [6.45, 7) is 6.46. The van der Waals surface area contributed by atoms with Crippen LogP contribution in [0.25, 0.3) is 21.9 Å². The van der Waals surface area contributed by atoms with E-state index in [1.54, 1.807) is 14.2 Å². The maximum atomic E-state index is 11.4. The Bertz CT molecular complexity index is 1090. The van der Waals surface area contributed by atoms with Gasteiger partial charge in [0.2, 0.25) is 0 Å². The van der Waals surface area contributed by atoms with E-state index in [4.69, 9.17) is 9.47 Å². The number of aryl methyl sites for hydroxylation is 1. The van der Waals surface area contributed by atoms with Gasteiger partial charge in [0.05, 0.1) is 19.6 Å². The molecule has 4 heteroatoms. The fraction of sp³-hybridized carbons (Fsp3) is 0.360. The number of phenols is 1. The number of ether oxygens (including phenoxy) is 2. The Hall–Kier alpha value is -2.72. The lowest BCUT2D eigenvalue weighted by atomic mass is 9.84. The van der Waals surface area contributed by atoms with Gasteiger partial charge in [0, 0.05) is 23.2 Å². The number of hydrogen-bond acceptors (Lipinski definition) is 4. The molecule has 0 aliphatic carbocycles. The fourth-order valence-corrected chi connectivity index (χ4v) is 4.78. The van der Waals surface area contributed by atoms with Crippen LogP contribution in [0, 0.1) is 6.92 Å². The van der Waals surface area contributed by atoms with E-state index in [0.29, 0.717) is 11.8 Å². The van der Waals surface area contributed by atoms with Crippen molar-refractivity contribution in [3.8, 4) is 28.4 Å². The molecule has 152 valence electrons. The van der Waals surface area contributed by atoms with E-state index in [0.717, 1.165) is 50.9 Å². The van der Waals surface area contributed by atoms with Crippen molar-refractivity contribution in [2.75, 3.05) is 21.3 Å². The second kappa shape index (κ2) is 7.27. The maximum absolute atomic E-state index is 11.4. The number of likely N-dealkylation sites (N-methyl/N-ethyl adjacent to an activating group) is 1. The Labute approximate surface area is 172 Å². The Morgan fingerprint density at radius 3 is 2.45 bits per heavy atom. The van der Waals surface area contributed by atoms with Crippen LogP contribution in [0.1, 0.15) is 36.6 Å². The van der Waals surface area contributed by atoms with E-state index >= 15 is 0 Å². The van der Waals surface area contributed by atoms with E-state index in [1.807, 2.05) is 18.2 Å². The molecule has 29 heavy (non-hydrogen) atoms. The molecule has 4 rings (SSSR count). The largest absolute Gasteiger partial charge is 0.507 e. The van der Waals surface area contributed by atoms with E-state index in [2.05, 4.69) is 50.9 Å². The zero-order chi connectivity index (χ0) is 20.9. The summed E-state index contributed by atoms with van der Waals surface area (Å²) in [5.41, 5.74) is 5.21. The predicted octanol–water partition coefficient (Wildman–Crippen LogP) is 5.48. The zero-order valence-electron chi connectivity index (χ0n) is 18.0. The molecule has 1 aliphatic heterocycles. The van der Waals surface area contributed by atoms with Crippen LogP contribution < -0.4 is 9.47 Å². The number of fused-ring (bicyclic) bond motifs is 2. The highest BCUT2D eigenvalue weighted by Gasteiger charge is 2.30. The van der Waals surface area contributed by atoms with Crippen LogP contribution in [-0.4, -0.2) is 37.3 Å². The number of methoxy groups -OCH3 is 2. The maximum Gasteiger partial charge on any atom is 0.130 e. The van der Waals surface area contributed by atoms with Crippen molar-refractivity contribution in [2.24, 2.45) is 0 Å². The zero-order valence-corrected chi connectivity index (χ0v) is 18.0. The van der Waals surface area contributed by atoms with E-state index < -0.39 is 0 Å². The summed E-state index contributed by atoms with van der Waals surface area (Å²) in [6.07, 6.45) is 0.945. The molecule has 0 aromatic heterocycles. The lowest BCUT2D eigenvalue weighted by Gasteiger charge is -2.38. The summed E-state index contributed by atoms with van der Waals surface area (Å²) in [6, 6.07) is 12.9. The minimum absolute atomic E-state index is 0.160. The van der Waals surface area contributed by atoms with Gasteiger partial charge < -0.3 is 14.6 Å². The first-order chi connectivity index (χ1) is 13.9. The highest BCUT2D eigenvalue weighted by molar-refractivity contribution is 6.05. The standard InChI is InChI=1S/C25H29NO3/c1-14-12-21(29-6)24-18(8-7-9-20(24)28-5)22(14)19-11-10-17-13-15(2)26(4)16(3)23(17)25(19)27/h7-12,15-16,27H,13H2,1-6H3/t15-,16?/m1/s1. The summed E-state index contributed by atoms with van der Waals surface area (Å²) in [7, 11) is 5.47. The molecule has 1 unspecified atom stereocenters. The molecule has 1 N–H and O–H groups in total. The summed E-state index contributed by atoms with van der Waals surface area (Å²) in [5.74, 6) is 1.92. The van der Waals surface area contributed by atoms with E-state index in [1.165, 1.54) is 5.56 Å². The first kappa shape index (κ1) is 19.6. The number of aromatic hydroxyl groups is 1. The molecule has 0 saturated heterocycles. The third kappa shape index (κ3) is 2.94. The third-order valence-corrected chi connectivity index (χ3v) is 6.54. The number of phenolic OH excluding ortho intramolecular Hbond substituents is 1. The van der Waals surface area contributed by atoms with Gasteiger partial charge in [-0.05, 0) is 68.4 Å². The van der Waals surface area contributed by atoms with Crippen molar-refractivity contribution >= 4 is 10.8 Å². The van der Waals surface area contributed by atoms with Crippen molar-refractivity contribution in [1.29, 1.82) is 0 Å². The molecular weight excluding hydrogens is 362 g/mol. The number of benzene rings is 3. The van der Waals surface area contributed by atoms with Gasteiger partial charge in [-0.15, -0.1) is 0 Å². The van der Waals surface area contributed by atoms with Gasteiger partial charge in [-0.25, -0.2) is 0 Å². The van der Waals surface area contributed by atoms with Crippen LogP contribution in [0.5, 0.6) is 17.2 Å². The van der Waals surface area contributed by atoms with Crippen LogP contribution in [0.15, 0.2) is 36.4 Å². The lowest BCUT2D eigenvalue weighted by molar-refractivity contribution is 0.176. The van der Waals surface area contributed by atoms with Crippen molar-refractivity contribution in [3.05, 3.63) is 53.1 Å². The fourth-order valence-electron chi connectivity index (χ4n) is 4.78. The van der Waals surface area contributed by atoms with Crippen molar-refractivity contribution in [3.63, 3.8) is 0 Å². The summed E-state index contributed by atoms with van der Waals surface area (Å²) in [4.78, 5) is 2.33. The SMILES string of the molecule is COc1cccc2c(-c3ccc4c(c3O)C(C)N(C)[C@H](C)C4)c(C)cc(OC)c12. The molecular formula is C25H29NO3. The van der Waals surface area contributed by atoms with Gasteiger partial charge in [0.25, 0.3) is 0 Å². The highest BCUT2D eigenvalue weighted by atomic mass is 16.5. The molecule has 2 atom stereocenters. The van der Waals surface area contributed by atoms with Crippen molar-refractivity contribution < 1.29 is 14.6 Å². The quantitative estimate of drug-likeness (QED) is 0.642. The topological polar surface area (TPSA) is 41.9 Å². The monoisotopic (exact) mass is 391 g/mol. The molecule has 0 spiro atoms. The second-order valence-electron chi connectivity index (χ2n) is 8.08. The summed E-state index contributed by atoms with van der Waals surface area (Å²) >= 11 is 0. The number of nitrogens with zero attached hydrogens (tertiary/aromatic N) is 1. The molecule has 1 aliphatic rings. The molecule has 4 nitrogen and oxygen atoms in total. The van der Waals surface area contributed by atoms with Crippen LogP contribution in [0.3, 0.4) is 0 Å². The first-order valence-electron chi connectivity index (χ1n) is 10.1. The lowest BCUT2D eigenvalue weighted by Crippen LogP contribution is -2.38. The van der Waals surface area contributed by atoms with Crippen LogP contribution in [0.2, 0.25) is 0 Å². The molecule has 3 aromatic rings. The Kier molecular flexibility index (Phi) is 4.91. The van der Waals surface area contributed by atoms with Gasteiger partial charge in [-0.2, -0.15) is 0 Å². The third-order valence-electron chi connectivity index (χ3n) is 6.54. The summed E-state index contributed by atoms with van der Waals surface area (Å²) < 4.78 is 11.3. The average molecular weight is 392 g/mol. The van der Waals surface area contributed by atoms with Gasteiger partial charge in [0.15, 0.2) is 0 Å². The molecule has 0 saturated carbocycles. The normalized spacial score (nSPS) is 19.2. The highest BCUT2D eigenvalue weighted by Crippen LogP contribution is 2.47. The van der Waals surface area contributed by atoms with Gasteiger partial charge in [0.1, 0.15) is 17.2 Å². The molecule has 1 heterocycles. The first-order valence-corrected chi connectivity index (χ1v) is 10.1. The second-order valence-corrected chi connectivity index (χ2v) is 8.08. The minimum Gasteiger partial charge on any atom is -0.507 e. The molecule has 0 fully saturated rings. The predicted molar refractivity (Wildman–Crippen MR) is 118 cm³/mol. The van der Waals surface area contributed by atoms with Gasteiger partial charge in [-0.3, -0.25) is 4.90 Å². The molecule has 0 radical (unpaired) electrons. The van der Waals surface area contributed by atoms with Gasteiger partial charge in [-0.1, -0.05) is 24.3 Å². The van der Waals surface area contributed by atoms with Crippen LogP contribution in [0.4, 0.5) is 0 Å². The van der Waals surface area contributed by atoms with E-state index in [9.17, 15) is 5.11 Å². The van der Waals surface area contributed by atoms with Crippen LogP contribution >= 0.6 is 0 Å². The Morgan fingerprint density at radius 1 is 1.03 bits per heavy atom.